The monoisotopic (exact) mass is 364 g/mol. The molecule has 4 heterocycles. The largest absolute Gasteiger partial charge is 0.461 e. The van der Waals surface area contributed by atoms with Crippen molar-refractivity contribution in [3.63, 3.8) is 0 Å². The third kappa shape index (κ3) is 3.16. The van der Waals surface area contributed by atoms with E-state index in [1.807, 2.05) is 50.4 Å². The first-order valence-corrected chi connectivity index (χ1v) is 8.85. The van der Waals surface area contributed by atoms with Gasteiger partial charge >= 0.3 is 0 Å². The van der Waals surface area contributed by atoms with E-state index in [0.29, 0.717) is 22.0 Å². The molecule has 0 aliphatic carbocycles. The molecule has 4 aromatic heterocycles. The molecule has 1 amide bonds. The summed E-state index contributed by atoms with van der Waals surface area (Å²) in [5.74, 6) is 1.42. The number of furan rings is 1. The number of rotatable bonds is 4. The van der Waals surface area contributed by atoms with Crippen molar-refractivity contribution in [2.24, 2.45) is 7.05 Å². The molecule has 0 aromatic carbocycles. The van der Waals surface area contributed by atoms with Crippen molar-refractivity contribution in [3.8, 4) is 22.0 Å². The van der Waals surface area contributed by atoms with Crippen LogP contribution in [0.1, 0.15) is 15.4 Å². The summed E-state index contributed by atoms with van der Waals surface area (Å²) in [5.41, 5.74) is 1.97. The minimum Gasteiger partial charge on any atom is -0.461 e. The predicted molar refractivity (Wildman–Crippen MR) is 101 cm³/mol. The first-order chi connectivity index (χ1) is 12.6. The number of anilines is 1. The first kappa shape index (κ1) is 16.3. The average molecular weight is 364 g/mol. The zero-order chi connectivity index (χ0) is 18.1. The number of carbonyl (C=O) groups is 1. The van der Waals surface area contributed by atoms with Crippen LogP contribution in [0.3, 0.4) is 0 Å². The number of nitrogens with one attached hydrogen (secondary N) is 1. The molecule has 0 unspecified atom stereocenters. The first-order valence-electron chi connectivity index (χ1n) is 8.03. The van der Waals surface area contributed by atoms with Crippen molar-refractivity contribution >= 4 is 22.9 Å². The van der Waals surface area contributed by atoms with Crippen LogP contribution in [-0.4, -0.2) is 20.7 Å². The van der Waals surface area contributed by atoms with Crippen molar-refractivity contribution in [3.05, 3.63) is 65.5 Å². The fourth-order valence-electron chi connectivity index (χ4n) is 2.62. The summed E-state index contributed by atoms with van der Waals surface area (Å²) in [5, 5.41) is 7.34. The fraction of sp³-hybridized carbons (Fsp3) is 0.105. The Hall–Kier alpha value is -3.19. The van der Waals surface area contributed by atoms with Crippen molar-refractivity contribution in [2.75, 3.05) is 5.32 Å². The maximum Gasteiger partial charge on any atom is 0.265 e. The molecule has 4 rings (SSSR count). The summed E-state index contributed by atoms with van der Waals surface area (Å²) in [6.07, 6.45) is 3.47. The highest BCUT2D eigenvalue weighted by atomic mass is 32.1. The van der Waals surface area contributed by atoms with Crippen LogP contribution < -0.4 is 5.32 Å². The van der Waals surface area contributed by atoms with E-state index in [4.69, 9.17) is 4.42 Å². The summed E-state index contributed by atoms with van der Waals surface area (Å²) in [6, 6.07) is 13.1. The molecule has 0 saturated carbocycles. The van der Waals surface area contributed by atoms with Crippen molar-refractivity contribution in [1.29, 1.82) is 0 Å². The summed E-state index contributed by atoms with van der Waals surface area (Å²) in [4.78, 5) is 18.5. The van der Waals surface area contributed by atoms with Crippen LogP contribution in [-0.2, 0) is 7.05 Å². The Labute approximate surface area is 154 Å². The molecule has 0 fully saturated rings. The van der Waals surface area contributed by atoms with Gasteiger partial charge in [0, 0.05) is 19.4 Å². The maximum atomic E-state index is 12.7. The number of hydrogen-bond acceptors (Lipinski definition) is 5. The fourth-order valence-corrected chi connectivity index (χ4v) is 3.48. The number of nitrogens with zero attached hydrogens (tertiary/aromatic N) is 3. The molecule has 0 radical (unpaired) electrons. The number of thiophene rings is 1. The van der Waals surface area contributed by atoms with Crippen molar-refractivity contribution in [2.45, 2.75) is 6.92 Å². The van der Waals surface area contributed by atoms with Gasteiger partial charge in [0.25, 0.3) is 5.91 Å². The SMILES string of the molecule is Cc1ccc(-c2ccc(C(=O)Nc3cn(C)nc3-c3ccccn3)s2)o1. The van der Waals surface area contributed by atoms with E-state index >= 15 is 0 Å². The minimum atomic E-state index is -0.185. The number of aryl methyl sites for hydroxylation is 2. The van der Waals surface area contributed by atoms with Gasteiger partial charge in [-0.25, -0.2) is 0 Å². The quantitative estimate of drug-likeness (QED) is 0.584. The Morgan fingerprint density at radius 1 is 1.19 bits per heavy atom. The smallest absolute Gasteiger partial charge is 0.265 e. The van der Waals surface area contributed by atoms with E-state index in [2.05, 4.69) is 15.4 Å². The Morgan fingerprint density at radius 3 is 2.81 bits per heavy atom. The Morgan fingerprint density at radius 2 is 2.08 bits per heavy atom. The summed E-state index contributed by atoms with van der Waals surface area (Å²) < 4.78 is 7.28. The van der Waals surface area contributed by atoms with Crippen LogP contribution in [0.4, 0.5) is 5.69 Å². The van der Waals surface area contributed by atoms with Crippen LogP contribution >= 0.6 is 11.3 Å². The minimum absolute atomic E-state index is 0.185. The maximum absolute atomic E-state index is 12.7. The lowest BCUT2D eigenvalue weighted by Crippen LogP contribution is -2.10. The molecule has 0 saturated heterocycles. The van der Waals surface area contributed by atoms with Gasteiger partial charge in [0.05, 0.1) is 21.1 Å². The van der Waals surface area contributed by atoms with E-state index < -0.39 is 0 Å². The average Bonchev–Trinajstić information content (AvgIpc) is 3.35. The van der Waals surface area contributed by atoms with Crippen LogP contribution in [0, 0.1) is 6.92 Å². The number of amides is 1. The van der Waals surface area contributed by atoms with Gasteiger partial charge in [-0.05, 0) is 43.3 Å². The Balaban J connectivity index is 1.59. The summed E-state index contributed by atoms with van der Waals surface area (Å²) in [6.45, 7) is 1.90. The molecular weight excluding hydrogens is 348 g/mol. The van der Waals surface area contributed by atoms with Gasteiger partial charge in [0.15, 0.2) is 0 Å². The van der Waals surface area contributed by atoms with E-state index in [-0.39, 0.29) is 5.91 Å². The third-order valence-corrected chi connectivity index (χ3v) is 4.90. The topological polar surface area (TPSA) is 73.0 Å². The Bertz CT molecular complexity index is 1060. The molecule has 0 aliphatic rings. The molecule has 0 aliphatic heterocycles. The summed E-state index contributed by atoms with van der Waals surface area (Å²) >= 11 is 1.39. The van der Waals surface area contributed by atoms with Crippen LogP contribution in [0.5, 0.6) is 0 Å². The van der Waals surface area contributed by atoms with Gasteiger partial charge in [-0.15, -0.1) is 11.3 Å². The zero-order valence-corrected chi connectivity index (χ0v) is 15.1. The van der Waals surface area contributed by atoms with E-state index in [0.717, 1.165) is 16.4 Å². The van der Waals surface area contributed by atoms with Crippen LogP contribution in [0.25, 0.3) is 22.0 Å². The molecule has 0 spiro atoms. The molecule has 130 valence electrons. The van der Waals surface area contributed by atoms with Gasteiger partial charge in [0.1, 0.15) is 17.2 Å². The highest BCUT2D eigenvalue weighted by molar-refractivity contribution is 7.17. The molecule has 0 bridgehead atoms. The van der Waals surface area contributed by atoms with Gasteiger partial charge in [-0.3, -0.25) is 14.5 Å². The van der Waals surface area contributed by atoms with Gasteiger partial charge in [0.2, 0.25) is 0 Å². The molecule has 1 N–H and O–H groups in total. The molecule has 26 heavy (non-hydrogen) atoms. The van der Waals surface area contributed by atoms with Crippen molar-refractivity contribution < 1.29 is 9.21 Å². The molecule has 0 atom stereocenters. The normalized spacial score (nSPS) is 10.8. The molecule has 6 nitrogen and oxygen atoms in total. The molecule has 4 aromatic rings. The predicted octanol–water partition coefficient (Wildman–Crippen LogP) is 4.36. The number of pyridine rings is 1. The zero-order valence-electron chi connectivity index (χ0n) is 14.3. The second-order valence-electron chi connectivity index (χ2n) is 5.81. The van der Waals surface area contributed by atoms with Gasteiger partial charge < -0.3 is 9.73 Å². The van der Waals surface area contributed by atoms with E-state index in [1.165, 1.54) is 11.3 Å². The number of aromatic nitrogens is 3. The van der Waals surface area contributed by atoms with Crippen LogP contribution in [0.2, 0.25) is 0 Å². The van der Waals surface area contributed by atoms with Gasteiger partial charge in [-0.1, -0.05) is 6.07 Å². The summed E-state index contributed by atoms with van der Waals surface area (Å²) in [7, 11) is 1.81. The lowest BCUT2D eigenvalue weighted by Gasteiger charge is -2.03. The lowest BCUT2D eigenvalue weighted by atomic mass is 10.2. The number of carbonyl (C=O) groups excluding carboxylic acids is 1. The molecule has 7 heteroatoms. The Kier molecular flexibility index (Phi) is 4.14. The second-order valence-corrected chi connectivity index (χ2v) is 6.89. The van der Waals surface area contributed by atoms with Crippen molar-refractivity contribution in [1.82, 2.24) is 14.8 Å². The van der Waals surface area contributed by atoms with Gasteiger partial charge in [-0.2, -0.15) is 5.10 Å². The standard InChI is InChI=1S/C19H16N4O2S/c1-12-6-7-15(25-12)16-8-9-17(26-16)19(24)21-14-11-23(2)22-18(14)13-5-3-4-10-20-13/h3-11H,1-2H3,(H,21,24). The van der Waals surface area contributed by atoms with Crippen LogP contribution in [0.15, 0.2) is 59.3 Å². The number of hydrogen-bond donors (Lipinski definition) is 1. The second kappa shape index (κ2) is 6.61. The highest BCUT2D eigenvalue weighted by Gasteiger charge is 2.17. The lowest BCUT2D eigenvalue weighted by molar-refractivity contribution is 0.103. The third-order valence-electron chi connectivity index (χ3n) is 3.80. The van der Waals surface area contributed by atoms with E-state index in [1.54, 1.807) is 23.1 Å². The highest BCUT2D eigenvalue weighted by Crippen LogP contribution is 2.31. The van der Waals surface area contributed by atoms with E-state index in [9.17, 15) is 4.79 Å². The molecular formula is C19H16N4O2S.